The SMILES string of the molecule is FC(F)c1c[c]co1. The van der Waals surface area contributed by atoms with Crippen molar-refractivity contribution in [3.63, 3.8) is 0 Å². The molecule has 0 aliphatic carbocycles. The molecule has 1 rings (SSSR count). The lowest BCUT2D eigenvalue weighted by molar-refractivity contribution is 0.122. The van der Waals surface area contributed by atoms with E-state index in [4.69, 9.17) is 0 Å². The van der Waals surface area contributed by atoms with E-state index in [0.29, 0.717) is 0 Å². The molecule has 1 aromatic heterocycles. The summed E-state index contributed by atoms with van der Waals surface area (Å²) in [7, 11) is 0. The highest BCUT2D eigenvalue weighted by molar-refractivity contribution is 4.96. The Labute approximate surface area is 44.9 Å². The minimum absolute atomic E-state index is 0.329. The fourth-order valence-corrected chi connectivity index (χ4v) is 0.367. The number of hydrogen-bond donors (Lipinski definition) is 0. The van der Waals surface area contributed by atoms with Gasteiger partial charge in [0.15, 0.2) is 5.76 Å². The van der Waals surface area contributed by atoms with E-state index in [-0.39, 0.29) is 5.76 Å². The van der Waals surface area contributed by atoms with Crippen LogP contribution in [-0.2, 0) is 0 Å². The second kappa shape index (κ2) is 1.94. The van der Waals surface area contributed by atoms with E-state index in [1.165, 1.54) is 0 Å². The molecule has 3 heteroatoms. The first-order valence-corrected chi connectivity index (χ1v) is 2.03. The molecule has 0 amide bonds. The molecule has 0 bridgehead atoms. The minimum atomic E-state index is -2.51. The highest BCUT2D eigenvalue weighted by atomic mass is 19.3. The molecule has 0 aliphatic heterocycles. The fraction of sp³-hybridized carbons (Fsp3) is 0.200. The fourth-order valence-electron chi connectivity index (χ4n) is 0.367. The minimum Gasteiger partial charge on any atom is -0.463 e. The van der Waals surface area contributed by atoms with Crippen molar-refractivity contribution in [3.8, 4) is 0 Å². The van der Waals surface area contributed by atoms with Gasteiger partial charge >= 0.3 is 0 Å². The van der Waals surface area contributed by atoms with E-state index in [9.17, 15) is 8.78 Å². The Hall–Kier alpha value is -0.860. The van der Waals surface area contributed by atoms with Crippen LogP contribution >= 0.6 is 0 Å². The molecule has 1 aromatic rings. The Kier molecular flexibility index (Phi) is 1.28. The molecule has 0 saturated carbocycles. The number of alkyl halides is 2. The van der Waals surface area contributed by atoms with Crippen molar-refractivity contribution in [3.05, 3.63) is 24.2 Å². The standard InChI is InChI=1S/C5H3F2O/c6-5(7)4-2-1-3-8-4/h2-3,5H. The molecule has 0 saturated heterocycles. The van der Waals surface area contributed by atoms with Crippen LogP contribution in [0, 0.1) is 6.07 Å². The van der Waals surface area contributed by atoms with E-state index < -0.39 is 6.43 Å². The molecule has 0 spiro atoms. The van der Waals surface area contributed by atoms with E-state index in [1.54, 1.807) is 0 Å². The average Bonchev–Trinajstić information content (AvgIpc) is 2.12. The summed E-state index contributed by atoms with van der Waals surface area (Å²) in [6.07, 6.45) is -1.41. The first-order valence-electron chi connectivity index (χ1n) is 2.03. The smallest absolute Gasteiger partial charge is 0.295 e. The number of furan rings is 1. The van der Waals surface area contributed by atoms with Crippen LogP contribution in [0.25, 0.3) is 0 Å². The van der Waals surface area contributed by atoms with Gasteiger partial charge in [0.2, 0.25) is 0 Å². The lowest BCUT2D eigenvalue weighted by Crippen LogP contribution is -1.74. The van der Waals surface area contributed by atoms with Crippen LogP contribution in [0.4, 0.5) is 8.78 Å². The third-order valence-electron chi connectivity index (χ3n) is 0.704. The van der Waals surface area contributed by atoms with Gasteiger partial charge in [-0.2, -0.15) is 0 Å². The van der Waals surface area contributed by atoms with Crippen LogP contribution in [0.2, 0.25) is 0 Å². The van der Waals surface area contributed by atoms with Gasteiger partial charge < -0.3 is 4.42 Å². The van der Waals surface area contributed by atoms with E-state index >= 15 is 0 Å². The molecule has 0 fully saturated rings. The van der Waals surface area contributed by atoms with Crippen molar-refractivity contribution >= 4 is 0 Å². The number of rotatable bonds is 1. The highest BCUT2D eigenvalue weighted by Gasteiger charge is 2.07. The summed E-state index contributed by atoms with van der Waals surface area (Å²) >= 11 is 0. The van der Waals surface area contributed by atoms with Gasteiger partial charge in [0, 0.05) is 6.07 Å². The van der Waals surface area contributed by atoms with E-state index in [1.807, 2.05) is 0 Å². The highest BCUT2D eigenvalue weighted by Crippen LogP contribution is 2.17. The Morgan fingerprint density at radius 1 is 1.62 bits per heavy atom. The van der Waals surface area contributed by atoms with Crippen LogP contribution in [-0.4, -0.2) is 0 Å². The van der Waals surface area contributed by atoms with Gasteiger partial charge in [-0.3, -0.25) is 0 Å². The van der Waals surface area contributed by atoms with Crippen molar-refractivity contribution in [1.29, 1.82) is 0 Å². The molecule has 1 nitrogen and oxygen atoms in total. The third kappa shape index (κ3) is 0.857. The van der Waals surface area contributed by atoms with Crippen LogP contribution < -0.4 is 0 Å². The summed E-state index contributed by atoms with van der Waals surface area (Å²) in [6.45, 7) is 0. The zero-order chi connectivity index (χ0) is 5.98. The second-order valence-electron chi connectivity index (χ2n) is 1.25. The van der Waals surface area contributed by atoms with Crippen molar-refractivity contribution in [1.82, 2.24) is 0 Å². The Morgan fingerprint density at radius 3 is 2.62 bits per heavy atom. The van der Waals surface area contributed by atoms with Crippen molar-refractivity contribution in [2.45, 2.75) is 6.43 Å². The van der Waals surface area contributed by atoms with Gasteiger partial charge in [0.25, 0.3) is 6.43 Å². The summed E-state index contributed by atoms with van der Waals surface area (Å²) in [5.41, 5.74) is 0. The van der Waals surface area contributed by atoms with Gasteiger partial charge in [-0.15, -0.1) is 0 Å². The molecule has 1 heterocycles. The maximum atomic E-state index is 11.5. The Bertz CT molecular complexity index is 145. The Morgan fingerprint density at radius 2 is 2.38 bits per heavy atom. The van der Waals surface area contributed by atoms with Gasteiger partial charge in [-0.25, -0.2) is 8.78 Å². The predicted octanol–water partition coefficient (Wildman–Crippen LogP) is 2.02. The van der Waals surface area contributed by atoms with Gasteiger partial charge in [-0.05, 0) is 6.07 Å². The molecule has 8 heavy (non-hydrogen) atoms. The van der Waals surface area contributed by atoms with Crippen LogP contribution in [0.5, 0.6) is 0 Å². The van der Waals surface area contributed by atoms with Crippen LogP contribution in [0.15, 0.2) is 16.7 Å². The first-order chi connectivity index (χ1) is 3.80. The molecule has 0 unspecified atom stereocenters. The van der Waals surface area contributed by atoms with Gasteiger partial charge in [0.1, 0.15) is 0 Å². The molecule has 0 aliphatic rings. The predicted molar refractivity (Wildman–Crippen MR) is 22.5 cm³/mol. The topological polar surface area (TPSA) is 13.1 Å². The quantitative estimate of drug-likeness (QED) is 0.548. The van der Waals surface area contributed by atoms with Crippen LogP contribution in [0.1, 0.15) is 12.2 Å². The lowest BCUT2D eigenvalue weighted by Gasteiger charge is -1.87. The van der Waals surface area contributed by atoms with E-state index in [2.05, 4.69) is 10.5 Å². The summed E-state index contributed by atoms with van der Waals surface area (Å²) in [4.78, 5) is 0. The lowest BCUT2D eigenvalue weighted by atomic mass is 10.5. The molecule has 0 aromatic carbocycles. The molecule has 0 atom stereocenters. The molecular weight excluding hydrogens is 114 g/mol. The average molecular weight is 117 g/mol. The van der Waals surface area contributed by atoms with Gasteiger partial charge in [-0.1, -0.05) is 0 Å². The first kappa shape index (κ1) is 5.28. The molecular formula is C5H3F2O. The van der Waals surface area contributed by atoms with Crippen LogP contribution in [0.3, 0.4) is 0 Å². The normalized spacial score (nSPS) is 10.4. The largest absolute Gasteiger partial charge is 0.463 e. The maximum Gasteiger partial charge on any atom is 0.295 e. The van der Waals surface area contributed by atoms with Gasteiger partial charge in [0.05, 0.1) is 6.26 Å². The number of halogens is 2. The number of hydrogen-bond acceptors (Lipinski definition) is 1. The van der Waals surface area contributed by atoms with Crippen molar-refractivity contribution in [2.24, 2.45) is 0 Å². The molecule has 0 N–H and O–H groups in total. The summed E-state index contributed by atoms with van der Waals surface area (Å²) < 4.78 is 27.3. The molecule has 1 radical (unpaired) electrons. The summed E-state index contributed by atoms with van der Waals surface area (Å²) in [5.74, 6) is -0.329. The van der Waals surface area contributed by atoms with Crippen molar-refractivity contribution in [2.75, 3.05) is 0 Å². The second-order valence-corrected chi connectivity index (χ2v) is 1.25. The van der Waals surface area contributed by atoms with Crippen molar-refractivity contribution < 1.29 is 13.2 Å². The maximum absolute atomic E-state index is 11.5. The molecule has 43 valence electrons. The summed E-state index contributed by atoms with van der Waals surface area (Å²) in [5, 5.41) is 0. The third-order valence-corrected chi connectivity index (χ3v) is 0.704. The summed E-state index contributed by atoms with van der Waals surface area (Å²) in [6, 6.07) is 3.48. The van der Waals surface area contributed by atoms with E-state index in [0.717, 1.165) is 12.3 Å². The zero-order valence-electron chi connectivity index (χ0n) is 3.90. The Balaban J connectivity index is 2.77. The zero-order valence-corrected chi connectivity index (χ0v) is 3.90. The monoisotopic (exact) mass is 117 g/mol.